The fourth-order valence-corrected chi connectivity index (χ4v) is 5.27. The van der Waals surface area contributed by atoms with E-state index in [1.54, 1.807) is 0 Å². The summed E-state index contributed by atoms with van der Waals surface area (Å²) < 4.78 is 0. The smallest absolute Gasteiger partial charge is 0.0248 e. The van der Waals surface area contributed by atoms with Crippen LogP contribution in [0.15, 0.2) is 66.8 Å². The molecule has 2 atom stereocenters. The normalized spacial score (nSPS) is 15.4. The number of allylic oxidation sites excluding steroid dienone is 3. The molecule has 3 rings (SSSR count). The molecular weight excluding hydrogens is 463 g/mol. The van der Waals surface area contributed by atoms with Gasteiger partial charge in [-0.1, -0.05) is 107 Å². The van der Waals surface area contributed by atoms with Crippen LogP contribution in [0.4, 0.5) is 0 Å². The SMILES string of the molecule is C#Cc1cccc(/C(=C/C)CC(C)C(C(=C)C)c2ccc(C3(CC)CCC3)cc2)c1.CC.CCC(C)=P. The van der Waals surface area contributed by atoms with Crippen molar-refractivity contribution in [3.63, 3.8) is 0 Å². The monoisotopic (exact) mass is 514 g/mol. The van der Waals surface area contributed by atoms with E-state index in [1.165, 1.54) is 58.8 Å². The summed E-state index contributed by atoms with van der Waals surface area (Å²) in [4.78, 5) is 0. The molecule has 2 unspecified atom stereocenters. The minimum atomic E-state index is 0.351. The van der Waals surface area contributed by atoms with Gasteiger partial charge in [0, 0.05) is 11.5 Å². The zero-order valence-electron chi connectivity index (χ0n) is 24.9. The van der Waals surface area contributed by atoms with E-state index in [4.69, 9.17) is 6.42 Å². The van der Waals surface area contributed by atoms with Crippen LogP contribution in [0.1, 0.15) is 122 Å². The van der Waals surface area contributed by atoms with E-state index in [0.29, 0.717) is 17.3 Å². The maximum absolute atomic E-state index is 5.61. The lowest BCUT2D eigenvalue weighted by Gasteiger charge is -2.42. The van der Waals surface area contributed by atoms with E-state index in [2.05, 4.69) is 111 Å². The highest BCUT2D eigenvalue weighted by Crippen LogP contribution is 2.47. The Bertz CT molecular complexity index is 1050. The summed E-state index contributed by atoms with van der Waals surface area (Å²) in [6.45, 7) is 21.5. The average Bonchev–Trinajstić information content (AvgIpc) is 2.89. The Kier molecular flexibility index (Phi) is 14.6. The van der Waals surface area contributed by atoms with Crippen molar-refractivity contribution in [3.8, 4) is 12.3 Å². The highest BCUT2D eigenvalue weighted by molar-refractivity contribution is 7.20. The van der Waals surface area contributed by atoms with Gasteiger partial charge in [0.2, 0.25) is 0 Å². The Balaban J connectivity index is 0.000000874. The summed E-state index contributed by atoms with van der Waals surface area (Å²) >= 11 is 0. The molecule has 1 aliphatic carbocycles. The van der Waals surface area contributed by atoms with Crippen LogP contribution in [0.5, 0.6) is 0 Å². The molecule has 0 nitrogen and oxygen atoms in total. The van der Waals surface area contributed by atoms with Crippen LogP contribution in [0.25, 0.3) is 5.57 Å². The Labute approximate surface area is 231 Å². The van der Waals surface area contributed by atoms with Crippen molar-refractivity contribution in [1.29, 1.82) is 0 Å². The molecule has 0 heterocycles. The molecule has 37 heavy (non-hydrogen) atoms. The lowest BCUT2D eigenvalue weighted by molar-refractivity contribution is 0.235. The van der Waals surface area contributed by atoms with Crippen molar-refractivity contribution < 1.29 is 0 Å². The molecule has 0 bridgehead atoms. The van der Waals surface area contributed by atoms with Crippen LogP contribution in [-0.4, -0.2) is 5.29 Å². The van der Waals surface area contributed by atoms with Crippen LogP contribution in [0.3, 0.4) is 0 Å². The summed E-state index contributed by atoms with van der Waals surface area (Å²) in [6, 6.07) is 17.8. The minimum Gasteiger partial charge on any atom is -0.123 e. The first-order valence-corrected chi connectivity index (χ1v) is 14.7. The molecule has 1 saturated carbocycles. The van der Waals surface area contributed by atoms with Crippen molar-refractivity contribution in [2.45, 2.75) is 105 Å². The van der Waals surface area contributed by atoms with Gasteiger partial charge in [0.1, 0.15) is 0 Å². The quantitative estimate of drug-likeness (QED) is 0.177. The van der Waals surface area contributed by atoms with Gasteiger partial charge in [-0.05, 0) is 98.6 Å². The summed E-state index contributed by atoms with van der Waals surface area (Å²) in [5, 5.41) is 1.31. The third kappa shape index (κ3) is 9.16. The van der Waals surface area contributed by atoms with Crippen LogP contribution >= 0.6 is 8.86 Å². The molecule has 1 fully saturated rings. The van der Waals surface area contributed by atoms with Crippen LogP contribution in [0.2, 0.25) is 0 Å². The third-order valence-corrected chi connectivity index (χ3v) is 8.14. The molecule has 0 saturated heterocycles. The minimum absolute atomic E-state index is 0.351. The van der Waals surface area contributed by atoms with Gasteiger partial charge in [-0.2, -0.15) is 0 Å². The Morgan fingerprint density at radius 3 is 2.11 bits per heavy atom. The number of benzene rings is 2. The third-order valence-electron chi connectivity index (χ3n) is 7.79. The molecule has 200 valence electrons. The predicted molar refractivity (Wildman–Crippen MR) is 172 cm³/mol. The average molecular weight is 515 g/mol. The summed E-state index contributed by atoms with van der Waals surface area (Å²) in [6.07, 6.45) is 15.3. The maximum atomic E-state index is 5.61. The molecule has 1 aliphatic rings. The molecule has 0 N–H and O–H groups in total. The summed E-state index contributed by atoms with van der Waals surface area (Å²) in [7, 11) is 3.33. The van der Waals surface area contributed by atoms with Gasteiger partial charge in [0.25, 0.3) is 0 Å². The molecule has 2 aromatic rings. The molecular formula is C36H51P. The lowest BCUT2D eigenvalue weighted by Crippen LogP contribution is -2.33. The first-order valence-electron chi connectivity index (χ1n) is 14.2. The molecule has 0 spiro atoms. The van der Waals surface area contributed by atoms with E-state index >= 15 is 0 Å². The second-order valence-electron chi connectivity index (χ2n) is 10.3. The van der Waals surface area contributed by atoms with Crippen LogP contribution < -0.4 is 0 Å². The van der Waals surface area contributed by atoms with Gasteiger partial charge < -0.3 is 0 Å². The number of rotatable bonds is 9. The van der Waals surface area contributed by atoms with Gasteiger partial charge in [0.15, 0.2) is 0 Å². The van der Waals surface area contributed by atoms with E-state index in [1.807, 2.05) is 19.9 Å². The number of hydrogen-bond acceptors (Lipinski definition) is 0. The van der Waals surface area contributed by atoms with Crippen molar-refractivity contribution in [3.05, 3.63) is 89.0 Å². The maximum Gasteiger partial charge on any atom is 0.0248 e. The van der Waals surface area contributed by atoms with Crippen molar-refractivity contribution in [1.82, 2.24) is 0 Å². The Morgan fingerprint density at radius 1 is 1.11 bits per heavy atom. The zero-order valence-corrected chi connectivity index (χ0v) is 25.9. The van der Waals surface area contributed by atoms with E-state index in [0.717, 1.165) is 18.4 Å². The molecule has 0 amide bonds. The molecule has 0 radical (unpaired) electrons. The number of terminal acetylenes is 1. The van der Waals surface area contributed by atoms with Crippen molar-refractivity contribution in [2.75, 3.05) is 0 Å². The fourth-order valence-electron chi connectivity index (χ4n) is 5.27. The van der Waals surface area contributed by atoms with Gasteiger partial charge >= 0.3 is 0 Å². The number of hydrogen-bond donors (Lipinski definition) is 0. The molecule has 0 aromatic heterocycles. The summed E-state index contributed by atoms with van der Waals surface area (Å²) in [5.41, 5.74) is 8.09. The van der Waals surface area contributed by atoms with Crippen molar-refractivity contribution >= 4 is 19.7 Å². The predicted octanol–water partition coefficient (Wildman–Crippen LogP) is 11.0. The van der Waals surface area contributed by atoms with Gasteiger partial charge in [-0.15, -0.1) is 15.3 Å². The molecule has 2 aromatic carbocycles. The van der Waals surface area contributed by atoms with E-state index in [-0.39, 0.29) is 0 Å². The highest BCUT2D eigenvalue weighted by atomic mass is 31.0. The fraction of sp³-hybridized carbons (Fsp3) is 0.472. The Morgan fingerprint density at radius 2 is 1.70 bits per heavy atom. The second-order valence-corrected chi connectivity index (χ2v) is 11.1. The highest BCUT2D eigenvalue weighted by Gasteiger charge is 2.36. The van der Waals surface area contributed by atoms with E-state index in [9.17, 15) is 0 Å². The standard InChI is InChI=1S/C30H36.C4H9P.C2H6/c1-7-24-12-10-13-27(21-24)25(8-2)20-23(6)29(22(4)5)26-14-16-28(17-15-26)30(9-3)18-11-19-30;1-3-4(2)5;1-2/h1,8,10,12-17,21,23,29H,4,9,11,18-20H2,2-3,5-6H3;5H,3H2,1-2H3;1-2H3/b25-8+;;. The largest absolute Gasteiger partial charge is 0.123 e. The van der Waals surface area contributed by atoms with E-state index < -0.39 is 0 Å². The topological polar surface area (TPSA) is 0 Å². The van der Waals surface area contributed by atoms with Gasteiger partial charge in [-0.3, -0.25) is 0 Å². The Hall–Kier alpha value is -2.35. The zero-order chi connectivity index (χ0) is 28.0. The van der Waals surface area contributed by atoms with Crippen LogP contribution in [0, 0.1) is 18.3 Å². The molecule has 0 aliphatic heterocycles. The lowest BCUT2D eigenvalue weighted by atomic mass is 9.63. The molecule has 1 heteroatoms. The van der Waals surface area contributed by atoms with Gasteiger partial charge in [-0.25, -0.2) is 0 Å². The summed E-state index contributed by atoms with van der Waals surface area (Å²) in [5.74, 6) is 3.56. The van der Waals surface area contributed by atoms with Crippen LogP contribution in [-0.2, 0) is 5.41 Å². The first-order chi connectivity index (χ1) is 17.7. The second kappa shape index (κ2) is 16.5. The first kappa shape index (κ1) is 32.7. The van der Waals surface area contributed by atoms with Crippen molar-refractivity contribution in [2.24, 2.45) is 5.92 Å². The van der Waals surface area contributed by atoms with Gasteiger partial charge in [0.05, 0.1) is 0 Å².